The van der Waals surface area contributed by atoms with Crippen molar-refractivity contribution in [3.63, 3.8) is 0 Å². The Kier molecular flexibility index (Phi) is 6.86. The molecule has 230 valence electrons. The molecule has 8 nitrogen and oxygen atoms in total. The fraction of sp³-hybridized carbons (Fsp3) is 0.552. The number of pyridine rings is 1. The lowest BCUT2D eigenvalue weighted by Gasteiger charge is -2.34. The number of anilines is 2. The molecule has 0 aliphatic carbocycles. The molecule has 3 aromatic rings. The van der Waals surface area contributed by atoms with Crippen molar-refractivity contribution in [2.75, 3.05) is 43.4 Å². The van der Waals surface area contributed by atoms with E-state index < -0.39 is 46.1 Å². The van der Waals surface area contributed by atoms with Crippen LogP contribution in [0.4, 0.5) is 33.6 Å². The van der Waals surface area contributed by atoms with Gasteiger partial charge >= 0.3 is 12.2 Å². The first-order chi connectivity index (χ1) is 20.4. The highest BCUT2D eigenvalue weighted by molar-refractivity contribution is 6.34. The van der Waals surface area contributed by atoms with E-state index in [0.29, 0.717) is 31.9 Å². The lowest BCUT2D eigenvalue weighted by molar-refractivity contribution is -0.137. The molecule has 1 aromatic carbocycles. The van der Waals surface area contributed by atoms with Crippen LogP contribution in [0.25, 0.3) is 22.0 Å². The maximum Gasteiger partial charge on any atom is 0.418 e. The molecule has 3 N–H and O–H groups in total. The van der Waals surface area contributed by atoms with Crippen LogP contribution in [0.5, 0.6) is 6.01 Å². The number of piperazine rings is 1. The third-order valence-corrected chi connectivity index (χ3v) is 9.66. The molecule has 43 heavy (non-hydrogen) atoms. The van der Waals surface area contributed by atoms with E-state index in [4.69, 9.17) is 27.1 Å². The number of hydrogen-bond acceptors (Lipinski definition) is 8. The van der Waals surface area contributed by atoms with E-state index in [2.05, 4.69) is 20.2 Å². The maximum absolute atomic E-state index is 16.6. The van der Waals surface area contributed by atoms with Gasteiger partial charge in [-0.25, -0.2) is 13.8 Å². The lowest BCUT2D eigenvalue weighted by Crippen LogP contribution is -2.51. The molecule has 4 saturated heterocycles. The standard InChI is InChI=1S/C29H31ClF5N7O/c1-14-23(29(33,34)35)18(8-21(36)37-14)22-20(30)7-19-25(24(22)32)39-27(40-26(19)41-11-16-3-4-17(12-41)38-16)43-13-28-5-2-6-42(28)10-15(31)9-28/h7-8,15-17,38H,2-6,9-13H2,1H3,(H2,36,37)/t15-,16?,17?,28+/m1/s1. The molecule has 4 atom stereocenters. The minimum absolute atomic E-state index is 0.117. The second kappa shape index (κ2) is 10.3. The number of alkyl halides is 4. The Morgan fingerprint density at radius 1 is 1.14 bits per heavy atom. The molecule has 0 amide bonds. The van der Waals surface area contributed by atoms with Crippen molar-refractivity contribution >= 4 is 34.1 Å². The minimum atomic E-state index is -4.85. The van der Waals surface area contributed by atoms with Gasteiger partial charge in [-0.2, -0.15) is 23.1 Å². The number of benzene rings is 1. The van der Waals surface area contributed by atoms with Gasteiger partial charge < -0.3 is 20.7 Å². The van der Waals surface area contributed by atoms with Gasteiger partial charge in [-0.3, -0.25) is 4.90 Å². The quantitative estimate of drug-likeness (QED) is 0.371. The van der Waals surface area contributed by atoms with Crippen LogP contribution in [0.3, 0.4) is 0 Å². The summed E-state index contributed by atoms with van der Waals surface area (Å²) in [5, 5.41) is 3.57. The van der Waals surface area contributed by atoms with E-state index >= 15 is 4.39 Å². The number of nitrogens with one attached hydrogen (secondary N) is 1. The molecule has 2 aromatic heterocycles. The molecule has 2 unspecified atom stereocenters. The maximum atomic E-state index is 16.6. The largest absolute Gasteiger partial charge is 0.461 e. The van der Waals surface area contributed by atoms with E-state index in [-0.39, 0.29) is 46.4 Å². The van der Waals surface area contributed by atoms with Crippen molar-refractivity contribution < 1.29 is 26.7 Å². The molecule has 14 heteroatoms. The Bertz CT molecular complexity index is 1590. The van der Waals surface area contributed by atoms with Crippen LogP contribution >= 0.6 is 11.6 Å². The van der Waals surface area contributed by atoms with Crippen LogP contribution in [0.15, 0.2) is 12.1 Å². The topological polar surface area (TPSA) is 92.4 Å². The van der Waals surface area contributed by atoms with Crippen molar-refractivity contribution in [1.29, 1.82) is 0 Å². The summed E-state index contributed by atoms with van der Waals surface area (Å²) in [5.41, 5.74) is 2.57. The molecule has 4 fully saturated rings. The Balaban J connectivity index is 1.38. The van der Waals surface area contributed by atoms with Gasteiger partial charge in [0.25, 0.3) is 0 Å². The number of halogens is 6. The van der Waals surface area contributed by atoms with Crippen LogP contribution in [-0.4, -0.2) is 76.4 Å². The van der Waals surface area contributed by atoms with Gasteiger partial charge in [-0.1, -0.05) is 11.6 Å². The van der Waals surface area contributed by atoms with Gasteiger partial charge in [-0.05, 0) is 51.3 Å². The molecule has 4 aliphatic rings. The summed E-state index contributed by atoms with van der Waals surface area (Å²) in [4.78, 5) is 16.9. The third kappa shape index (κ3) is 4.93. The SMILES string of the molecule is Cc1nc(N)cc(-c2c(Cl)cc3c(N4CC5CCC(C4)N5)nc(OC[C@@]45CCCN4C[C@H](F)C5)nc3c2F)c1C(F)(F)F. The van der Waals surface area contributed by atoms with Crippen LogP contribution < -0.4 is 20.7 Å². The number of aromatic nitrogens is 3. The first kappa shape index (κ1) is 28.7. The van der Waals surface area contributed by atoms with E-state index in [0.717, 1.165) is 45.2 Å². The molecular formula is C29H31ClF5N7O. The first-order valence-electron chi connectivity index (χ1n) is 14.5. The molecule has 0 saturated carbocycles. The third-order valence-electron chi connectivity index (χ3n) is 9.36. The fourth-order valence-electron chi connectivity index (χ4n) is 7.58. The number of nitrogen functional groups attached to an aromatic ring is 1. The molecule has 2 bridgehead atoms. The minimum Gasteiger partial charge on any atom is -0.461 e. The van der Waals surface area contributed by atoms with Crippen LogP contribution in [0, 0.1) is 12.7 Å². The van der Waals surface area contributed by atoms with Crippen molar-refractivity contribution in [2.24, 2.45) is 0 Å². The molecule has 4 aliphatic heterocycles. The Morgan fingerprint density at radius 2 is 1.88 bits per heavy atom. The van der Waals surface area contributed by atoms with E-state index in [9.17, 15) is 17.6 Å². The highest BCUT2D eigenvalue weighted by Gasteiger charge is 2.49. The first-order valence-corrected chi connectivity index (χ1v) is 14.9. The summed E-state index contributed by atoms with van der Waals surface area (Å²) in [6, 6.07) is 2.70. The van der Waals surface area contributed by atoms with Gasteiger partial charge in [0, 0.05) is 54.7 Å². The fourth-order valence-corrected chi connectivity index (χ4v) is 7.88. The summed E-state index contributed by atoms with van der Waals surface area (Å²) in [7, 11) is 0. The summed E-state index contributed by atoms with van der Waals surface area (Å²) in [5.74, 6) is -0.861. The summed E-state index contributed by atoms with van der Waals surface area (Å²) < 4.78 is 79.7. The van der Waals surface area contributed by atoms with Crippen molar-refractivity contribution in [3.05, 3.63) is 34.2 Å². The molecular weight excluding hydrogens is 593 g/mol. The molecule has 6 heterocycles. The molecule has 0 radical (unpaired) electrons. The second-order valence-electron chi connectivity index (χ2n) is 12.2. The number of aryl methyl sites for hydroxylation is 1. The predicted octanol–water partition coefficient (Wildman–Crippen LogP) is 5.29. The average molecular weight is 624 g/mol. The molecule has 7 rings (SSSR count). The van der Waals surface area contributed by atoms with Crippen LogP contribution in [0.1, 0.15) is 43.4 Å². The smallest absolute Gasteiger partial charge is 0.418 e. The lowest BCUT2D eigenvalue weighted by atomic mass is 9.95. The number of nitrogens with zero attached hydrogens (tertiary/aromatic N) is 5. The van der Waals surface area contributed by atoms with Gasteiger partial charge in [0.2, 0.25) is 0 Å². The van der Waals surface area contributed by atoms with Gasteiger partial charge in [0.1, 0.15) is 29.9 Å². The number of hydrogen-bond donors (Lipinski definition) is 2. The number of fused-ring (bicyclic) bond motifs is 4. The Labute approximate surface area is 249 Å². The average Bonchev–Trinajstić information content (AvgIpc) is 3.56. The summed E-state index contributed by atoms with van der Waals surface area (Å²) >= 11 is 6.58. The summed E-state index contributed by atoms with van der Waals surface area (Å²) in [6.07, 6.45) is -1.85. The van der Waals surface area contributed by atoms with Crippen molar-refractivity contribution in [1.82, 2.24) is 25.2 Å². The second-order valence-corrected chi connectivity index (χ2v) is 12.6. The van der Waals surface area contributed by atoms with Crippen molar-refractivity contribution in [2.45, 2.75) is 69.0 Å². The zero-order chi connectivity index (χ0) is 30.3. The van der Waals surface area contributed by atoms with Crippen molar-refractivity contribution in [3.8, 4) is 17.1 Å². The predicted molar refractivity (Wildman–Crippen MR) is 153 cm³/mol. The number of ether oxygens (including phenoxy) is 1. The van der Waals surface area contributed by atoms with Gasteiger partial charge in [0.15, 0.2) is 5.82 Å². The highest BCUT2D eigenvalue weighted by atomic mass is 35.5. The monoisotopic (exact) mass is 623 g/mol. The number of nitrogens with two attached hydrogens (primary N) is 1. The molecule has 0 spiro atoms. The van der Waals surface area contributed by atoms with Gasteiger partial charge in [-0.15, -0.1) is 0 Å². The van der Waals surface area contributed by atoms with Gasteiger partial charge in [0.05, 0.1) is 21.8 Å². The zero-order valence-electron chi connectivity index (χ0n) is 23.4. The highest BCUT2D eigenvalue weighted by Crippen LogP contribution is 2.46. The number of rotatable bonds is 5. The van der Waals surface area contributed by atoms with Crippen LogP contribution in [0.2, 0.25) is 5.02 Å². The normalized spacial score (nSPS) is 27.3. The Morgan fingerprint density at radius 3 is 2.60 bits per heavy atom. The Hall–Kier alpha value is -3.03. The summed E-state index contributed by atoms with van der Waals surface area (Å²) in [6.45, 7) is 3.58. The van der Waals surface area contributed by atoms with E-state index in [1.807, 2.05) is 4.90 Å². The van der Waals surface area contributed by atoms with E-state index in [1.54, 1.807) is 0 Å². The van der Waals surface area contributed by atoms with Crippen LogP contribution in [-0.2, 0) is 6.18 Å². The van der Waals surface area contributed by atoms with E-state index in [1.165, 1.54) is 6.07 Å². The zero-order valence-corrected chi connectivity index (χ0v) is 24.2.